The SMILES string of the molecule is CC1(C)OB(c2ccc3sc4ccccc4c3c2-c2cc3ccccc3c3ccccc23)OC1(C)C. The highest BCUT2D eigenvalue weighted by molar-refractivity contribution is 7.26. The summed E-state index contributed by atoms with van der Waals surface area (Å²) in [4.78, 5) is 0. The van der Waals surface area contributed by atoms with Crippen LogP contribution in [0.4, 0.5) is 0 Å². The predicted molar refractivity (Wildman–Crippen MR) is 155 cm³/mol. The maximum absolute atomic E-state index is 6.63. The van der Waals surface area contributed by atoms with Crippen LogP contribution in [-0.4, -0.2) is 18.3 Å². The van der Waals surface area contributed by atoms with Crippen LogP contribution in [0.25, 0.3) is 52.8 Å². The molecule has 0 bridgehead atoms. The number of thiophene rings is 1. The first-order valence-corrected chi connectivity index (χ1v) is 13.4. The van der Waals surface area contributed by atoms with E-state index >= 15 is 0 Å². The summed E-state index contributed by atoms with van der Waals surface area (Å²) >= 11 is 1.85. The van der Waals surface area contributed by atoms with Crippen LogP contribution in [0, 0.1) is 0 Å². The van der Waals surface area contributed by atoms with E-state index in [1.165, 1.54) is 52.8 Å². The summed E-state index contributed by atoms with van der Waals surface area (Å²) in [5.41, 5.74) is 2.71. The van der Waals surface area contributed by atoms with Gasteiger partial charge in [-0.05, 0) is 84.0 Å². The van der Waals surface area contributed by atoms with Crippen molar-refractivity contribution < 1.29 is 9.31 Å². The average Bonchev–Trinajstić information content (AvgIpc) is 3.36. The highest BCUT2D eigenvalue weighted by Gasteiger charge is 2.52. The summed E-state index contributed by atoms with van der Waals surface area (Å²) in [6, 6.07) is 33.0. The van der Waals surface area contributed by atoms with Crippen LogP contribution < -0.4 is 5.46 Å². The number of benzene rings is 5. The molecule has 1 fully saturated rings. The molecule has 6 aromatic rings. The first-order chi connectivity index (χ1) is 17.3. The Balaban J connectivity index is 1.64. The molecule has 36 heavy (non-hydrogen) atoms. The molecule has 0 amide bonds. The molecule has 1 aliphatic rings. The molecular formula is C32H27BO2S. The van der Waals surface area contributed by atoms with Crippen LogP contribution in [0.1, 0.15) is 27.7 Å². The second-order valence-corrected chi connectivity index (χ2v) is 11.9. The quantitative estimate of drug-likeness (QED) is 0.181. The molecule has 0 unspecified atom stereocenters. The minimum Gasteiger partial charge on any atom is -0.399 e. The van der Waals surface area contributed by atoms with E-state index in [1.807, 2.05) is 11.3 Å². The Morgan fingerprint density at radius 2 is 1.22 bits per heavy atom. The van der Waals surface area contributed by atoms with Crippen LogP contribution in [0.2, 0.25) is 0 Å². The van der Waals surface area contributed by atoms with Crippen LogP contribution in [0.3, 0.4) is 0 Å². The predicted octanol–water partition coefficient (Wildman–Crippen LogP) is 8.33. The lowest BCUT2D eigenvalue weighted by atomic mass is 9.72. The van der Waals surface area contributed by atoms with E-state index in [-0.39, 0.29) is 0 Å². The lowest BCUT2D eigenvalue weighted by molar-refractivity contribution is 0.00578. The van der Waals surface area contributed by atoms with Gasteiger partial charge in [-0.15, -0.1) is 11.3 Å². The Bertz CT molecular complexity index is 1800. The molecule has 1 aromatic heterocycles. The smallest absolute Gasteiger partial charge is 0.399 e. The van der Waals surface area contributed by atoms with Crippen molar-refractivity contribution >= 4 is 65.6 Å². The minimum atomic E-state index is -0.446. The molecule has 2 nitrogen and oxygen atoms in total. The van der Waals surface area contributed by atoms with Crippen LogP contribution in [-0.2, 0) is 9.31 Å². The molecule has 0 N–H and O–H groups in total. The summed E-state index contributed by atoms with van der Waals surface area (Å²) in [6.07, 6.45) is 0. The number of hydrogen-bond donors (Lipinski definition) is 0. The Morgan fingerprint density at radius 3 is 1.97 bits per heavy atom. The van der Waals surface area contributed by atoms with E-state index in [0.29, 0.717) is 0 Å². The third kappa shape index (κ3) is 3.11. The standard InChI is InChI=1S/C32H27BO2S/c1-31(2)32(3,4)35-33(34-31)26-17-18-28-30(24-15-9-10-16-27(24)36-28)29(26)25-19-20-11-5-6-12-21(20)22-13-7-8-14-23(22)25/h5-19H,1-4H3. The number of hydrogen-bond acceptors (Lipinski definition) is 3. The van der Waals surface area contributed by atoms with Crippen molar-refractivity contribution in [2.24, 2.45) is 0 Å². The van der Waals surface area contributed by atoms with Crippen molar-refractivity contribution in [2.45, 2.75) is 38.9 Å². The average molecular weight is 486 g/mol. The number of rotatable bonds is 2. The van der Waals surface area contributed by atoms with E-state index in [2.05, 4.69) is 119 Å². The molecule has 0 radical (unpaired) electrons. The third-order valence-electron chi connectivity index (χ3n) is 8.12. The Kier molecular flexibility index (Phi) is 4.69. The van der Waals surface area contributed by atoms with Crippen LogP contribution >= 0.6 is 11.3 Å². The van der Waals surface area contributed by atoms with E-state index in [9.17, 15) is 0 Å². The van der Waals surface area contributed by atoms with Gasteiger partial charge in [0.15, 0.2) is 0 Å². The van der Waals surface area contributed by atoms with Gasteiger partial charge in [0.2, 0.25) is 0 Å². The molecule has 0 atom stereocenters. The maximum Gasteiger partial charge on any atom is 0.495 e. The first kappa shape index (κ1) is 22.1. The van der Waals surface area contributed by atoms with Gasteiger partial charge >= 0.3 is 7.12 Å². The van der Waals surface area contributed by atoms with Crippen molar-refractivity contribution in [3.05, 3.63) is 91.0 Å². The molecule has 0 spiro atoms. The molecular weight excluding hydrogens is 459 g/mol. The highest BCUT2D eigenvalue weighted by atomic mass is 32.1. The summed E-state index contributed by atoms with van der Waals surface area (Å²) in [6.45, 7) is 8.49. The minimum absolute atomic E-state index is 0.411. The largest absolute Gasteiger partial charge is 0.495 e. The van der Waals surface area contributed by atoms with E-state index < -0.39 is 18.3 Å². The van der Waals surface area contributed by atoms with Gasteiger partial charge in [0.25, 0.3) is 0 Å². The fraction of sp³-hybridized carbons (Fsp3) is 0.188. The van der Waals surface area contributed by atoms with Crippen molar-refractivity contribution in [3.8, 4) is 11.1 Å². The van der Waals surface area contributed by atoms with Crippen molar-refractivity contribution in [2.75, 3.05) is 0 Å². The molecule has 2 heterocycles. The summed E-state index contributed by atoms with van der Waals surface area (Å²) in [7, 11) is -0.446. The number of fused-ring (bicyclic) bond motifs is 6. The third-order valence-corrected chi connectivity index (χ3v) is 9.26. The molecule has 1 saturated heterocycles. The zero-order valence-electron chi connectivity index (χ0n) is 21.0. The summed E-state index contributed by atoms with van der Waals surface area (Å²) < 4.78 is 15.8. The van der Waals surface area contributed by atoms with Gasteiger partial charge in [-0.3, -0.25) is 0 Å². The van der Waals surface area contributed by atoms with Crippen molar-refractivity contribution in [1.29, 1.82) is 0 Å². The fourth-order valence-corrected chi connectivity index (χ4v) is 6.66. The Hall–Kier alpha value is -3.18. The van der Waals surface area contributed by atoms with Gasteiger partial charge in [-0.1, -0.05) is 72.8 Å². The highest BCUT2D eigenvalue weighted by Crippen LogP contribution is 2.44. The normalized spacial score (nSPS) is 17.1. The zero-order valence-corrected chi connectivity index (χ0v) is 21.8. The van der Waals surface area contributed by atoms with Gasteiger partial charge in [-0.25, -0.2) is 0 Å². The molecule has 5 aromatic carbocycles. The zero-order chi connectivity index (χ0) is 24.7. The summed E-state index contributed by atoms with van der Waals surface area (Å²) in [5.74, 6) is 0. The van der Waals surface area contributed by atoms with Gasteiger partial charge in [0, 0.05) is 20.2 Å². The topological polar surface area (TPSA) is 18.5 Å². The molecule has 176 valence electrons. The Labute approximate surface area is 215 Å². The maximum atomic E-state index is 6.63. The van der Waals surface area contributed by atoms with Gasteiger partial charge in [0.05, 0.1) is 11.2 Å². The molecule has 7 rings (SSSR count). The monoisotopic (exact) mass is 486 g/mol. The van der Waals surface area contributed by atoms with Crippen molar-refractivity contribution in [3.63, 3.8) is 0 Å². The van der Waals surface area contributed by atoms with E-state index in [4.69, 9.17) is 9.31 Å². The lowest BCUT2D eigenvalue weighted by Crippen LogP contribution is -2.41. The fourth-order valence-electron chi connectivity index (χ4n) is 5.55. The molecule has 4 heteroatoms. The first-order valence-electron chi connectivity index (χ1n) is 12.5. The summed E-state index contributed by atoms with van der Waals surface area (Å²) in [5, 5.41) is 7.59. The van der Waals surface area contributed by atoms with Crippen LogP contribution in [0.5, 0.6) is 0 Å². The van der Waals surface area contributed by atoms with Gasteiger partial charge in [-0.2, -0.15) is 0 Å². The van der Waals surface area contributed by atoms with Gasteiger partial charge in [0.1, 0.15) is 0 Å². The lowest BCUT2D eigenvalue weighted by Gasteiger charge is -2.32. The van der Waals surface area contributed by atoms with Gasteiger partial charge < -0.3 is 9.31 Å². The van der Waals surface area contributed by atoms with Crippen molar-refractivity contribution in [1.82, 2.24) is 0 Å². The molecule has 0 saturated carbocycles. The Morgan fingerprint density at radius 1 is 0.611 bits per heavy atom. The molecule has 0 aliphatic carbocycles. The van der Waals surface area contributed by atoms with E-state index in [0.717, 1.165) is 5.46 Å². The second kappa shape index (κ2) is 7.66. The van der Waals surface area contributed by atoms with E-state index in [1.54, 1.807) is 0 Å². The van der Waals surface area contributed by atoms with Crippen LogP contribution in [0.15, 0.2) is 91.0 Å². The molecule has 1 aliphatic heterocycles. The second-order valence-electron chi connectivity index (χ2n) is 10.8.